The molecule has 0 unspecified atom stereocenters. The molecule has 0 aromatic heterocycles. The zero-order valence-corrected chi connectivity index (χ0v) is 16.1. The molecular weight excluding hydrogens is 391 g/mol. The molecule has 0 aliphatic carbocycles. The van der Waals surface area contributed by atoms with Gasteiger partial charge in [0.25, 0.3) is 5.91 Å². The molecule has 3 N–H and O–H groups in total. The van der Waals surface area contributed by atoms with Crippen molar-refractivity contribution < 1.29 is 4.79 Å². The third kappa shape index (κ3) is 7.63. The number of carbonyl (C=O) groups excluding carboxylic acids is 1. The van der Waals surface area contributed by atoms with Gasteiger partial charge >= 0.3 is 0 Å². The van der Waals surface area contributed by atoms with Crippen LogP contribution in [0, 0.1) is 5.92 Å². The summed E-state index contributed by atoms with van der Waals surface area (Å²) >= 11 is 0. The van der Waals surface area contributed by atoms with Gasteiger partial charge in [0.2, 0.25) is 0 Å². The van der Waals surface area contributed by atoms with Gasteiger partial charge in [-0.25, -0.2) is 0 Å². The van der Waals surface area contributed by atoms with E-state index in [1.54, 1.807) is 20.2 Å². The first-order valence-electron chi connectivity index (χ1n) is 7.32. The first-order valence-corrected chi connectivity index (χ1v) is 7.32. The molecule has 6 heteroatoms. The fraction of sp³-hybridized carbons (Fsp3) is 0.500. The highest BCUT2D eigenvalue weighted by Gasteiger charge is 2.04. The van der Waals surface area contributed by atoms with Crippen LogP contribution in [0.15, 0.2) is 29.3 Å². The lowest BCUT2D eigenvalue weighted by Gasteiger charge is -2.13. The van der Waals surface area contributed by atoms with Gasteiger partial charge in [-0.05, 0) is 30.0 Å². The monoisotopic (exact) mass is 418 g/mol. The summed E-state index contributed by atoms with van der Waals surface area (Å²) in [6, 6.07) is 7.56. The maximum absolute atomic E-state index is 11.6. The van der Waals surface area contributed by atoms with Gasteiger partial charge < -0.3 is 16.0 Å². The van der Waals surface area contributed by atoms with Crippen LogP contribution < -0.4 is 16.0 Å². The van der Waals surface area contributed by atoms with Gasteiger partial charge in [0, 0.05) is 32.7 Å². The van der Waals surface area contributed by atoms with E-state index in [9.17, 15) is 4.79 Å². The van der Waals surface area contributed by atoms with Crippen molar-refractivity contribution in [2.75, 3.05) is 20.6 Å². The molecule has 0 aliphatic heterocycles. The molecule has 0 bridgehead atoms. The smallest absolute Gasteiger partial charge is 0.251 e. The molecule has 1 rings (SSSR count). The van der Waals surface area contributed by atoms with Crippen LogP contribution in [-0.2, 0) is 6.54 Å². The first-order chi connectivity index (χ1) is 10.1. The van der Waals surface area contributed by atoms with Crippen molar-refractivity contribution in [3.63, 3.8) is 0 Å². The number of guanidine groups is 1. The first kappa shape index (κ1) is 20.7. The Labute approximate surface area is 150 Å². The fourth-order valence-electron chi connectivity index (χ4n) is 1.85. The molecule has 1 amide bonds. The van der Waals surface area contributed by atoms with Crippen LogP contribution >= 0.6 is 24.0 Å². The standard InChI is InChI=1S/C16H26N4O.HI/c1-12(2)8-9-19-16(18-4)20-11-13-6-5-7-14(10-13)15(21)17-3;/h5-7,10,12H,8-9,11H2,1-4H3,(H,17,21)(H2,18,19,20);1H. The maximum atomic E-state index is 11.6. The quantitative estimate of drug-likeness (QED) is 0.378. The van der Waals surface area contributed by atoms with Crippen molar-refractivity contribution in [2.45, 2.75) is 26.8 Å². The zero-order valence-electron chi connectivity index (χ0n) is 13.8. The van der Waals surface area contributed by atoms with Crippen molar-refractivity contribution in [3.8, 4) is 0 Å². The normalized spacial score (nSPS) is 10.9. The average Bonchev–Trinajstić information content (AvgIpc) is 2.49. The van der Waals surface area contributed by atoms with Crippen LogP contribution in [0.2, 0.25) is 0 Å². The SMILES string of the molecule is CN=C(NCCC(C)C)NCc1cccc(C(=O)NC)c1.I. The molecule has 5 nitrogen and oxygen atoms in total. The second-order valence-corrected chi connectivity index (χ2v) is 5.31. The minimum atomic E-state index is -0.0729. The molecule has 0 atom stereocenters. The number of amides is 1. The number of hydrogen-bond donors (Lipinski definition) is 3. The number of benzene rings is 1. The Kier molecular flexibility index (Phi) is 10.6. The van der Waals surface area contributed by atoms with E-state index in [1.807, 2.05) is 18.2 Å². The van der Waals surface area contributed by atoms with E-state index < -0.39 is 0 Å². The van der Waals surface area contributed by atoms with E-state index in [-0.39, 0.29) is 29.9 Å². The molecular formula is C16H27IN4O. The van der Waals surface area contributed by atoms with Crippen molar-refractivity contribution in [2.24, 2.45) is 10.9 Å². The van der Waals surface area contributed by atoms with E-state index in [1.165, 1.54) is 0 Å². The predicted octanol–water partition coefficient (Wildman–Crippen LogP) is 2.38. The summed E-state index contributed by atoms with van der Waals surface area (Å²) in [7, 11) is 3.39. The van der Waals surface area contributed by atoms with E-state index in [0.29, 0.717) is 18.0 Å². The highest BCUT2D eigenvalue weighted by atomic mass is 127. The minimum Gasteiger partial charge on any atom is -0.356 e. The summed E-state index contributed by atoms with van der Waals surface area (Å²) in [5.41, 5.74) is 1.71. The molecule has 0 saturated carbocycles. The van der Waals surface area contributed by atoms with Gasteiger partial charge in [-0.15, -0.1) is 24.0 Å². The van der Waals surface area contributed by atoms with E-state index in [4.69, 9.17) is 0 Å². The fourth-order valence-corrected chi connectivity index (χ4v) is 1.85. The topological polar surface area (TPSA) is 65.5 Å². The number of nitrogens with zero attached hydrogens (tertiary/aromatic N) is 1. The Balaban J connectivity index is 0.00000441. The van der Waals surface area contributed by atoms with E-state index in [2.05, 4.69) is 34.8 Å². The number of hydrogen-bond acceptors (Lipinski definition) is 2. The Hall–Kier alpha value is -1.31. The van der Waals surface area contributed by atoms with Crippen LogP contribution in [0.25, 0.3) is 0 Å². The summed E-state index contributed by atoms with van der Waals surface area (Å²) in [4.78, 5) is 15.8. The van der Waals surface area contributed by atoms with Crippen molar-refractivity contribution >= 4 is 35.8 Å². The summed E-state index contributed by atoms with van der Waals surface area (Å²) in [6.07, 6.45) is 1.10. The summed E-state index contributed by atoms with van der Waals surface area (Å²) in [5, 5.41) is 9.16. The molecule has 0 spiro atoms. The minimum absolute atomic E-state index is 0. The van der Waals surface area contributed by atoms with Crippen molar-refractivity contribution in [1.29, 1.82) is 0 Å². The molecule has 0 heterocycles. The molecule has 0 saturated heterocycles. The number of carbonyl (C=O) groups is 1. The molecule has 22 heavy (non-hydrogen) atoms. The van der Waals surface area contributed by atoms with Crippen LogP contribution in [-0.4, -0.2) is 32.5 Å². The lowest BCUT2D eigenvalue weighted by atomic mass is 10.1. The molecule has 1 aromatic carbocycles. The summed E-state index contributed by atoms with van der Waals surface area (Å²) in [5.74, 6) is 1.37. The Morgan fingerprint density at radius 1 is 1.27 bits per heavy atom. The number of halogens is 1. The predicted molar refractivity (Wildman–Crippen MR) is 103 cm³/mol. The van der Waals surface area contributed by atoms with E-state index in [0.717, 1.165) is 24.5 Å². The number of nitrogens with one attached hydrogen (secondary N) is 3. The molecule has 0 aliphatic rings. The van der Waals surface area contributed by atoms with Crippen LogP contribution in [0.3, 0.4) is 0 Å². The summed E-state index contributed by atoms with van der Waals surface area (Å²) in [6.45, 7) is 5.92. The number of rotatable bonds is 6. The zero-order chi connectivity index (χ0) is 15.7. The lowest BCUT2D eigenvalue weighted by molar-refractivity contribution is 0.0963. The van der Waals surface area contributed by atoms with Gasteiger partial charge in [0.15, 0.2) is 5.96 Å². The average molecular weight is 418 g/mol. The van der Waals surface area contributed by atoms with Gasteiger partial charge in [0.05, 0.1) is 0 Å². The van der Waals surface area contributed by atoms with Crippen molar-refractivity contribution in [1.82, 2.24) is 16.0 Å². The van der Waals surface area contributed by atoms with Gasteiger partial charge in [0.1, 0.15) is 0 Å². The maximum Gasteiger partial charge on any atom is 0.251 e. The largest absolute Gasteiger partial charge is 0.356 e. The Morgan fingerprint density at radius 2 is 2.00 bits per heavy atom. The lowest BCUT2D eigenvalue weighted by Crippen LogP contribution is -2.37. The Bertz CT molecular complexity index is 489. The van der Waals surface area contributed by atoms with E-state index >= 15 is 0 Å². The molecule has 0 fully saturated rings. The highest BCUT2D eigenvalue weighted by Crippen LogP contribution is 2.05. The van der Waals surface area contributed by atoms with Crippen molar-refractivity contribution in [3.05, 3.63) is 35.4 Å². The van der Waals surface area contributed by atoms with Gasteiger partial charge in [-0.3, -0.25) is 9.79 Å². The van der Waals surface area contributed by atoms with Gasteiger partial charge in [-0.1, -0.05) is 26.0 Å². The third-order valence-electron chi connectivity index (χ3n) is 3.11. The van der Waals surface area contributed by atoms with Crippen LogP contribution in [0.1, 0.15) is 36.2 Å². The second-order valence-electron chi connectivity index (χ2n) is 5.31. The third-order valence-corrected chi connectivity index (χ3v) is 3.11. The molecule has 0 radical (unpaired) electrons. The summed E-state index contributed by atoms with van der Waals surface area (Å²) < 4.78 is 0. The second kappa shape index (κ2) is 11.3. The van der Waals surface area contributed by atoms with Crippen LogP contribution in [0.5, 0.6) is 0 Å². The van der Waals surface area contributed by atoms with Crippen LogP contribution in [0.4, 0.5) is 0 Å². The molecule has 124 valence electrons. The molecule has 1 aromatic rings. The Morgan fingerprint density at radius 3 is 2.59 bits per heavy atom. The number of aliphatic imine (C=N–C) groups is 1. The van der Waals surface area contributed by atoms with Gasteiger partial charge in [-0.2, -0.15) is 0 Å². The highest BCUT2D eigenvalue weighted by molar-refractivity contribution is 14.0.